The van der Waals surface area contributed by atoms with E-state index in [4.69, 9.17) is 9.26 Å². The average Bonchev–Trinajstić information content (AvgIpc) is 3.21. The van der Waals surface area contributed by atoms with Crippen molar-refractivity contribution in [3.8, 4) is 5.75 Å². The van der Waals surface area contributed by atoms with Crippen LogP contribution in [0, 0.1) is 20.8 Å². The van der Waals surface area contributed by atoms with Gasteiger partial charge in [0.05, 0.1) is 28.5 Å². The molecule has 0 saturated carbocycles. The van der Waals surface area contributed by atoms with E-state index in [0.29, 0.717) is 17.9 Å². The summed E-state index contributed by atoms with van der Waals surface area (Å²) < 4.78 is 13.9. The van der Waals surface area contributed by atoms with E-state index in [-0.39, 0.29) is 18.2 Å². The number of para-hydroxylation sites is 1. The lowest BCUT2D eigenvalue weighted by molar-refractivity contribution is 0.0938. The Morgan fingerprint density at radius 1 is 1.29 bits per heavy atom. The number of hydrogen-bond donors (Lipinski definition) is 1. The quantitative estimate of drug-likeness (QED) is 0.590. The highest BCUT2D eigenvalue weighted by atomic mass is 79.9. The Balaban J connectivity index is 1.73. The molecule has 0 fully saturated rings. The first-order chi connectivity index (χ1) is 13.4. The van der Waals surface area contributed by atoms with Crippen LogP contribution in [-0.2, 0) is 19.7 Å². The van der Waals surface area contributed by atoms with E-state index in [9.17, 15) is 4.79 Å². The molecule has 0 aliphatic carbocycles. The molecule has 0 spiro atoms. The number of amides is 1. The van der Waals surface area contributed by atoms with E-state index in [1.54, 1.807) is 13.1 Å². The minimum absolute atomic E-state index is 0.209. The van der Waals surface area contributed by atoms with Gasteiger partial charge in [-0.2, -0.15) is 5.10 Å². The minimum atomic E-state index is -0.312. The van der Waals surface area contributed by atoms with E-state index < -0.39 is 0 Å². The van der Waals surface area contributed by atoms with Gasteiger partial charge in [-0.15, -0.1) is 0 Å². The highest BCUT2D eigenvalue weighted by Crippen LogP contribution is 2.25. The molecule has 3 aromatic rings. The lowest BCUT2D eigenvalue weighted by Gasteiger charge is -2.12. The number of carbonyl (C=O) groups excluding carboxylic acids is 1. The van der Waals surface area contributed by atoms with Gasteiger partial charge in [-0.3, -0.25) is 9.48 Å². The zero-order valence-corrected chi connectivity index (χ0v) is 18.0. The molecule has 7 nitrogen and oxygen atoms in total. The fourth-order valence-corrected chi connectivity index (χ4v) is 3.43. The van der Waals surface area contributed by atoms with Crippen molar-refractivity contribution in [2.45, 2.75) is 47.4 Å². The van der Waals surface area contributed by atoms with E-state index in [2.05, 4.69) is 31.5 Å². The maximum absolute atomic E-state index is 12.7. The third-order valence-corrected chi connectivity index (χ3v) is 5.25. The lowest BCUT2D eigenvalue weighted by Crippen LogP contribution is -2.26. The first-order valence-corrected chi connectivity index (χ1v) is 9.84. The van der Waals surface area contributed by atoms with Gasteiger partial charge in [-0.05, 0) is 54.8 Å². The van der Waals surface area contributed by atoms with E-state index >= 15 is 0 Å². The second kappa shape index (κ2) is 8.60. The fraction of sp³-hybridized carbons (Fsp3) is 0.350. The monoisotopic (exact) mass is 446 g/mol. The van der Waals surface area contributed by atoms with Crippen molar-refractivity contribution in [2.24, 2.45) is 0 Å². The Morgan fingerprint density at radius 3 is 2.68 bits per heavy atom. The molecule has 0 radical (unpaired) electrons. The lowest BCUT2D eigenvalue weighted by atomic mass is 10.1. The third kappa shape index (κ3) is 4.11. The molecular formula is C20H23BrN4O3. The van der Waals surface area contributed by atoms with Crippen molar-refractivity contribution in [3.63, 3.8) is 0 Å². The van der Waals surface area contributed by atoms with Crippen molar-refractivity contribution in [1.29, 1.82) is 0 Å². The van der Waals surface area contributed by atoms with E-state index in [0.717, 1.165) is 33.6 Å². The van der Waals surface area contributed by atoms with Crippen molar-refractivity contribution in [3.05, 3.63) is 62.7 Å². The number of hydrogen-bond acceptors (Lipinski definition) is 5. The van der Waals surface area contributed by atoms with Crippen LogP contribution in [0.4, 0.5) is 0 Å². The van der Waals surface area contributed by atoms with Crippen LogP contribution in [-0.4, -0.2) is 20.8 Å². The van der Waals surface area contributed by atoms with E-state index in [1.807, 2.05) is 43.7 Å². The van der Waals surface area contributed by atoms with Gasteiger partial charge in [0.1, 0.15) is 18.1 Å². The number of halogens is 1. The largest absolute Gasteiger partial charge is 0.488 e. The summed E-state index contributed by atoms with van der Waals surface area (Å²) in [6, 6.07) is 5.97. The van der Waals surface area contributed by atoms with Crippen molar-refractivity contribution in [2.75, 3.05) is 0 Å². The molecule has 0 saturated heterocycles. The molecule has 0 aliphatic rings. The summed E-state index contributed by atoms with van der Waals surface area (Å²) in [4.78, 5) is 12.7. The van der Waals surface area contributed by atoms with Gasteiger partial charge in [-0.25, -0.2) is 0 Å². The second-order valence-corrected chi connectivity index (χ2v) is 7.37. The molecule has 0 unspecified atom stereocenters. The molecule has 2 heterocycles. The molecule has 0 atom stereocenters. The number of carbonyl (C=O) groups is 1. The summed E-state index contributed by atoms with van der Waals surface area (Å²) in [5, 5.41) is 11.1. The van der Waals surface area contributed by atoms with Crippen LogP contribution in [0.2, 0.25) is 0 Å². The van der Waals surface area contributed by atoms with Crippen LogP contribution in [0.3, 0.4) is 0 Å². The highest BCUT2D eigenvalue weighted by Gasteiger charge is 2.21. The van der Waals surface area contributed by atoms with Crippen LogP contribution in [0.25, 0.3) is 0 Å². The zero-order valence-electron chi connectivity index (χ0n) is 16.4. The van der Waals surface area contributed by atoms with Gasteiger partial charge >= 0.3 is 0 Å². The van der Waals surface area contributed by atoms with Crippen molar-refractivity contribution in [1.82, 2.24) is 20.3 Å². The van der Waals surface area contributed by atoms with Gasteiger partial charge in [0, 0.05) is 6.54 Å². The summed E-state index contributed by atoms with van der Waals surface area (Å²) in [7, 11) is 0. The summed E-state index contributed by atoms with van der Waals surface area (Å²) >= 11 is 3.46. The number of aryl methyl sites for hydroxylation is 4. The summed E-state index contributed by atoms with van der Waals surface area (Å²) in [6.07, 6.45) is 1.72. The first kappa shape index (κ1) is 20.1. The molecule has 2 aromatic heterocycles. The maximum atomic E-state index is 12.7. The summed E-state index contributed by atoms with van der Waals surface area (Å²) in [6.45, 7) is 9.01. The smallest absolute Gasteiger partial charge is 0.274 e. The van der Waals surface area contributed by atoms with Crippen LogP contribution in [0.1, 0.15) is 45.6 Å². The molecule has 148 valence electrons. The maximum Gasteiger partial charge on any atom is 0.274 e. The molecule has 0 bridgehead atoms. The molecule has 0 aliphatic heterocycles. The number of aromatic nitrogens is 3. The Kier molecular flexibility index (Phi) is 6.18. The predicted octanol–water partition coefficient (Wildman–Crippen LogP) is 4.09. The summed E-state index contributed by atoms with van der Waals surface area (Å²) in [5.74, 6) is 1.06. The zero-order chi connectivity index (χ0) is 20.3. The molecular weight excluding hydrogens is 424 g/mol. The normalized spacial score (nSPS) is 10.9. The third-order valence-electron chi connectivity index (χ3n) is 4.58. The molecule has 28 heavy (non-hydrogen) atoms. The van der Waals surface area contributed by atoms with Gasteiger partial charge < -0.3 is 14.6 Å². The van der Waals surface area contributed by atoms with Gasteiger partial charge in [0.2, 0.25) is 0 Å². The first-order valence-electron chi connectivity index (χ1n) is 9.04. The van der Waals surface area contributed by atoms with Crippen LogP contribution < -0.4 is 10.1 Å². The topological polar surface area (TPSA) is 82.2 Å². The molecule has 1 aromatic carbocycles. The Labute approximate surface area is 172 Å². The average molecular weight is 447 g/mol. The molecule has 8 heteroatoms. The van der Waals surface area contributed by atoms with Gasteiger partial charge in [0.15, 0.2) is 5.69 Å². The summed E-state index contributed by atoms with van der Waals surface area (Å²) in [5.41, 5.74) is 3.85. The van der Waals surface area contributed by atoms with Gasteiger partial charge in [0.25, 0.3) is 5.91 Å². The number of rotatable bonds is 7. The second-order valence-electron chi connectivity index (χ2n) is 6.51. The Morgan fingerprint density at radius 2 is 2.00 bits per heavy atom. The van der Waals surface area contributed by atoms with Crippen molar-refractivity contribution >= 4 is 21.8 Å². The Bertz CT molecular complexity index is 973. The minimum Gasteiger partial charge on any atom is -0.488 e. The number of ether oxygens (including phenoxy) is 1. The Hall–Kier alpha value is -2.61. The standard InChI is InChI=1S/C20H23BrN4O3/c1-5-25-17(16(21)9-23-25)10-22-20(26)18-15(14(4)28-24-18)11-27-19-12(2)7-6-8-13(19)3/h6-9H,5,10-11H2,1-4H3,(H,22,26). The fourth-order valence-electron chi connectivity index (χ4n) is 2.99. The molecule has 1 N–H and O–H groups in total. The van der Waals surface area contributed by atoms with Crippen LogP contribution in [0.15, 0.2) is 33.4 Å². The number of benzene rings is 1. The SMILES string of the molecule is CCn1ncc(Br)c1CNC(=O)c1noc(C)c1COc1c(C)cccc1C. The van der Waals surface area contributed by atoms with Crippen LogP contribution >= 0.6 is 15.9 Å². The number of nitrogens with one attached hydrogen (secondary N) is 1. The predicted molar refractivity (Wildman–Crippen MR) is 108 cm³/mol. The van der Waals surface area contributed by atoms with Crippen LogP contribution in [0.5, 0.6) is 5.75 Å². The highest BCUT2D eigenvalue weighted by molar-refractivity contribution is 9.10. The van der Waals surface area contributed by atoms with Crippen molar-refractivity contribution < 1.29 is 14.1 Å². The number of nitrogens with zero attached hydrogens (tertiary/aromatic N) is 3. The molecule has 1 amide bonds. The molecule has 3 rings (SSSR count). The van der Waals surface area contributed by atoms with E-state index in [1.165, 1.54) is 0 Å². The van der Waals surface area contributed by atoms with Gasteiger partial charge in [-0.1, -0.05) is 23.4 Å².